The predicted octanol–water partition coefficient (Wildman–Crippen LogP) is 0.815. The van der Waals surface area contributed by atoms with Gasteiger partial charge < -0.3 is 15.3 Å². The van der Waals surface area contributed by atoms with Gasteiger partial charge in [-0.3, -0.25) is 9.59 Å². The average Bonchev–Trinajstić information content (AvgIpc) is 2.31. The quantitative estimate of drug-likeness (QED) is 0.795. The fourth-order valence-electron chi connectivity index (χ4n) is 1.25. The molecule has 1 aromatic carbocycles. The Hall–Kier alpha value is -1.31. The molecule has 5 nitrogen and oxygen atoms in total. The first kappa shape index (κ1) is 13.8. The van der Waals surface area contributed by atoms with E-state index in [1.165, 1.54) is 25.1 Å². The van der Waals surface area contributed by atoms with E-state index in [-0.39, 0.29) is 29.7 Å². The number of carbonyl (C=O) groups is 2. The van der Waals surface area contributed by atoms with Crippen molar-refractivity contribution >= 4 is 34.4 Å². The topological polar surface area (TPSA) is 69.6 Å². The number of hydrogen-bond acceptors (Lipinski definition) is 3. The number of amides is 2. The maximum atomic E-state index is 12.0. The number of phenols is 1. The fraction of sp³-hybridized carbons (Fsp3) is 0.273. The molecule has 0 aliphatic rings. The highest BCUT2D eigenvalue weighted by Crippen LogP contribution is 2.20. The molecule has 0 fully saturated rings. The fourth-order valence-corrected chi connectivity index (χ4v) is 1.74. The molecule has 0 heterocycles. The Labute approximate surface area is 113 Å². The Bertz CT molecular complexity index is 448. The molecule has 0 radical (unpaired) electrons. The Morgan fingerprint density at radius 3 is 2.71 bits per heavy atom. The lowest BCUT2D eigenvalue weighted by atomic mass is 10.2. The second kappa shape index (κ2) is 5.85. The normalized spacial score (nSPS) is 9.82. The first-order chi connectivity index (χ1) is 7.95. The SMILES string of the molecule is CNC(=O)CN(C)C(=O)c1cc(I)ccc1O. The molecule has 0 aliphatic carbocycles. The van der Waals surface area contributed by atoms with E-state index in [4.69, 9.17) is 0 Å². The first-order valence-corrected chi connectivity index (χ1v) is 5.98. The van der Waals surface area contributed by atoms with Crippen LogP contribution in [0.1, 0.15) is 10.4 Å². The van der Waals surface area contributed by atoms with Crippen molar-refractivity contribution in [2.75, 3.05) is 20.6 Å². The summed E-state index contributed by atoms with van der Waals surface area (Å²) in [5, 5.41) is 12.0. The molecule has 92 valence electrons. The molecule has 0 unspecified atom stereocenters. The molecule has 6 heteroatoms. The van der Waals surface area contributed by atoms with Gasteiger partial charge in [-0.25, -0.2) is 0 Å². The summed E-state index contributed by atoms with van der Waals surface area (Å²) in [5.41, 5.74) is 0.198. The molecule has 0 aliphatic heterocycles. The third-order valence-corrected chi connectivity index (χ3v) is 2.87. The number of rotatable bonds is 3. The zero-order valence-electron chi connectivity index (χ0n) is 9.53. The molecular formula is C11H13IN2O3. The van der Waals surface area contributed by atoms with Gasteiger partial charge in [0.05, 0.1) is 12.1 Å². The third-order valence-electron chi connectivity index (χ3n) is 2.20. The zero-order valence-corrected chi connectivity index (χ0v) is 11.7. The largest absolute Gasteiger partial charge is 0.507 e. The van der Waals surface area contributed by atoms with Crippen LogP contribution in [0.2, 0.25) is 0 Å². The number of carbonyl (C=O) groups excluding carboxylic acids is 2. The third kappa shape index (κ3) is 3.58. The molecule has 0 aromatic heterocycles. The highest BCUT2D eigenvalue weighted by molar-refractivity contribution is 14.1. The summed E-state index contributed by atoms with van der Waals surface area (Å²) in [7, 11) is 3.01. The monoisotopic (exact) mass is 348 g/mol. The standard InChI is InChI=1S/C11H13IN2O3/c1-13-10(16)6-14(2)11(17)8-5-7(12)3-4-9(8)15/h3-5,15H,6H2,1-2H3,(H,13,16). The summed E-state index contributed by atoms with van der Waals surface area (Å²) in [5.74, 6) is -0.727. The molecule has 0 saturated heterocycles. The van der Waals surface area contributed by atoms with E-state index >= 15 is 0 Å². The maximum absolute atomic E-state index is 12.0. The lowest BCUT2D eigenvalue weighted by molar-refractivity contribution is -0.121. The molecule has 17 heavy (non-hydrogen) atoms. The summed E-state index contributed by atoms with van der Waals surface area (Å²) >= 11 is 2.05. The second-order valence-electron chi connectivity index (χ2n) is 3.50. The van der Waals surface area contributed by atoms with Crippen molar-refractivity contribution in [3.05, 3.63) is 27.3 Å². The van der Waals surface area contributed by atoms with Gasteiger partial charge in [0, 0.05) is 17.7 Å². The number of phenolic OH excluding ortho intramolecular Hbond substituents is 1. The van der Waals surface area contributed by atoms with Crippen LogP contribution in [-0.2, 0) is 4.79 Å². The van der Waals surface area contributed by atoms with Crippen LogP contribution in [0.15, 0.2) is 18.2 Å². The predicted molar refractivity (Wildman–Crippen MR) is 71.9 cm³/mol. The minimum absolute atomic E-state index is 0.0414. The lowest BCUT2D eigenvalue weighted by Gasteiger charge is -2.16. The highest BCUT2D eigenvalue weighted by atomic mass is 127. The van der Waals surface area contributed by atoms with Crippen LogP contribution < -0.4 is 5.32 Å². The minimum atomic E-state index is -0.385. The van der Waals surface area contributed by atoms with Crippen molar-refractivity contribution in [1.82, 2.24) is 10.2 Å². The van der Waals surface area contributed by atoms with E-state index in [0.29, 0.717) is 0 Å². The van der Waals surface area contributed by atoms with Crippen LogP contribution in [0.4, 0.5) is 0 Å². The van der Waals surface area contributed by atoms with Gasteiger partial charge in [0.15, 0.2) is 0 Å². The number of hydrogen-bond donors (Lipinski definition) is 2. The van der Waals surface area contributed by atoms with Crippen molar-refractivity contribution in [3.63, 3.8) is 0 Å². The van der Waals surface area contributed by atoms with Gasteiger partial charge >= 0.3 is 0 Å². The minimum Gasteiger partial charge on any atom is -0.507 e. The number of nitrogens with zero attached hydrogens (tertiary/aromatic N) is 1. The number of aromatic hydroxyl groups is 1. The summed E-state index contributed by atoms with van der Waals surface area (Å²) in [4.78, 5) is 24.3. The van der Waals surface area contributed by atoms with Crippen molar-refractivity contribution < 1.29 is 14.7 Å². The van der Waals surface area contributed by atoms with Gasteiger partial charge in [-0.1, -0.05) is 0 Å². The van der Waals surface area contributed by atoms with E-state index < -0.39 is 0 Å². The molecular weight excluding hydrogens is 335 g/mol. The summed E-state index contributed by atoms with van der Waals surface area (Å²) in [6, 6.07) is 4.74. The summed E-state index contributed by atoms with van der Waals surface area (Å²) in [6.07, 6.45) is 0. The maximum Gasteiger partial charge on any atom is 0.257 e. The number of halogens is 1. The van der Waals surface area contributed by atoms with Crippen LogP contribution in [0.3, 0.4) is 0 Å². The lowest BCUT2D eigenvalue weighted by Crippen LogP contribution is -2.36. The van der Waals surface area contributed by atoms with Crippen LogP contribution >= 0.6 is 22.6 Å². The Morgan fingerprint density at radius 2 is 2.12 bits per heavy atom. The van der Waals surface area contributed by atoms with Crippen LogP contribution in [0, 0.1) is 3.57 Å². The highest BCUT2D eigenvalue weighted by Gasteiger charge is 2.17. The zero-order chi connectivity index (χ0) is 13.0. The van der Waals surface area contributed by atoms with Crippen LogP contribution in [0.5, 0.6) is 5.75 Å². The number of nitrogens with one attached hydrogen (secondary N) is 1. The number of benzene rings is 1. The van der Waals surface area contributed by atoms with Crippen molar-refractivity contribution in [1.29, 1.82) is 0 Å². The van der Waals surface area contributed by atoms with Gasteiger partial charge in [0.25, 0.3) is 5.91 Å². The van der Waals surface area contributed by atoms with Crippen LogP contribution in [0.25, 0.3) is 0 Å². The first-order valence-electron chi connectivity index (χ1n) is 4.90. The molecule has 0 bridgehead atoms. The van der Waals surface area contributed by atoms with Gasteiger partial charge in [0.2, 0.25) is 5.91 Å². The van der Waals surface area contributed by atoms with Gasteiger partial charge in [-0.2, -0.15) is 0 Å². The molecule has 0 saturated carbocycles. The Morgan fingerprint density at radius 1 is 1.47 bits per heavy atom. The van der Waals surface area contributed by atoms with E-state index in [1.54, 1.807) is 12.1 Å². The average molecular weight is 348 g/mol. The molecule has 2 amide bonds. The second-order valence-corrected chi connectivity index (χ2v) is 4.74. The molecule has 1 aromatic rings. The van der Waals surface area contributed by atoms with Gasteiger partial charge in [0.1, 0.15) is 5.75 Å². The molecule has 1 rings (SSSR count). The summed E-state index contributed by atoms with van der Waals surface area (Å²) in [6.45, 7) is -0.0414. The Balaban J connectivity index is 2.88. The molecule has 2 N–H and O–H groups in total. The van der Waals surface area contributed by atoms with Gasteiger partial charge in [-0.05, 0) is 40.8 Å². The van der Waals surface area contributed by atoms with E-state index in [2.05, 4.69) is 27.9 Å². The summed E-state index contributed by atoms with van der Waals surface area (Å²) < 4.78 is 0.845. The van der Waals surface area contributed by atoms with Crippen LogP contribution in [-0.4, -0.2) is 42.5 Å². The van der Waals surface area contributed by atoms with Crippen molar-refractivity contribution in [3.8, 4) is 5.75 Å². The van der Waals surface area contributed by atoms with Crippen molar-refractivity contribution in [2.45, 2.75) is 0 Å². The van der Waals surface area contributed by atoms with E-state index in [1.807, 2.05) is 0 Å². The molecule has 0 atom stereocenters. The Kier molecular flexibility index (Phi) is 4.73. The molecule has 0 spiro atoms. The number of likely N-dealkylation sites (N-methyl/N-ethyl adjacent to an activating group) is 2. The van der Waals surface area contributed by atoms with Crippen molar-refractivity contribution in [2.24, 2.45) is 0 Å². The van der Waals surface area contributed by atoms with E-state index in [9.17, 15) is 14.7 Å². The van der Waals surface area contributed by atoms with Gasteiger partial charge in [-0.15, -0.1) is 0 Å². The smallest absolute Gasteiger partial charge is 0.257 e. The van der Waals surface area contributed by atoms with E-state index in [0.717, 1.165) is 3.57 Å².